The fraction of sp³-hybridized carbons (Fsp3) is 0.136. The second kappa shape index (κ2) is 15.5. The zero-order valence-electron chi connectivity index (χ0n) is 32.3. The molecule has 2 aliphatic rings. The molecule has 0 bridgehead atoms. The number of carbonyl (C=O) groups is 2. The molecule has 64 heavy (non-hydrogen) atoms. The molecule has 14 N–H and O–H groups in total. The van der Waals surface area contributed by atoms with E-state index in [1.807, 2.05) is 0 Å². The molecule has 0 aromatic heterocycles. The third-order valence-corrected chi connectivity index (χ3v) is 10.7. The molecule has 2 aliphatic heterocycles. The van der Waals surface area contributed by atoms with Crippen molar-refractivity contribution in [2.24, 2.45) is 0 Å². The topological polar surface area (TPSA) is 354 Å². The van der Waals surface area contributed by atoms with Gasteiger partial charge in [0.1, 0.15) is 40.6 Å². The normalized spacial score (nSPS) is 18.7. The van der Waals surface area contributed by atoms with Gasteiger partial charge >= 0.3 is 11.9 Å². The van der Waals surface area contributed by atoms with Crippen LogP contribution in [0.3, 0.4) is 0 Å². The van der Waals surface area contributed by atoms with Crippen molar-refractivity contribution in [2.75, 3.05) is 0 Å². The Hall–Kier alpha value is -8.94. The number of phenolic OH excluding ortho intramolecular Hbond substituents is 14. The van der Waals surface area contributed by atoms with Gasteiger partial charge in [-0.1, -0.05) is 12.1 Å². The summed E-state index contributed by atoms with van der Waals surface area (Å²) in [6.07, 6.45) is -6.98. The van der Waals surface area contributed by atoms with Gasteiger partial charge in [0.2, 0.25) is 0 Å². The van der Waals surface area contributed by atoms with Crippen LogP contribution < -0.4 is 9.47 Å². The summed E-state index contributed by atoms with van der Waals surface area (Å²) in [6.45, 7) is 0. The second-order valence-corrected chi connectivity index (χ2v) is 14.8. The molecule has 5 atom stereocenters. The first-order chi connectivity index (χ1) is 30.3. The van der Waals surface area contributed by atoms with Crippen LogP contribution in [0.5, 0.6) is 92.0 Å². The van der Waals surface area contributed by atoms with Crippen LogP contribution >= 0.6 is 0 Å². The Balaban J connectivity index is 1.34. The highest BCUT2D eigenvalue weighted by atomic mass is 16.6. The molecule has 0 radical (unpaired) electrons. The monoisotopic (exact) mass is 882 g/mol. The molecule has 20 heteroatoms. The third-order valence-electron chi connectivity index (χ3n) is 10.7. The molecule has 0 saturated carbocycles. The largest absolute Gasteiger partial charge is 0.508 e. The number of carbonyl (C=O) groups excluding carboxylic acids is 2. The van der Waals surface area contributed by atoms with E-state index in [1.165, 1.54) is 12.1 Å². The van der Waals surface area contributed by atoms with Crippen molar-refractivity contribution in [3.05, 3.63) is 118 Å². The van der Waals surface area contributed by atoms with E-state index in [4.69, 9.17) is 18.9 Å². The molecule has 6 aromatic carbocycles. The molecule has 0 saturated heterocycles. The lowest BCUT2D eigenvalue weighted by molar-refractivity contribution is -0.0303. The summed E-state index contributed by atoms with van der Waals surface area (Å²) in [5, 5.41) is 147. The number of aromatic hydroxyl groups is 14. The maximum Gasteiger partial charge on any atom is 0.338 e. The fourth-order valence-corrected chi connectivity index (χ4v) is 7.74. The van der Waals surface area contributed by atoms with E-state index in [-0.39, 0.29) is 33.6 Å². The van der Waals surface area contributed by atoms with Gasteiger partial charge in [0.05, 0.1) is 17.0 Å². The number of esters is 2. The molecule has 8 rings (SSSR count). The molecule has 0 unspecified atom stereocenters. The standard InChI is InChI=1S/C44H34O20/c45-19-11-26(51)34-32(12-19)61-40(16-2-4-22(47)25(50)6-16)42(64-44(60)18-9-30(55)38(58)31(56)10-18)36(34)35-27(52)14-23(48)20-13-33(62-43(59)17-7-28(53)37(57)29(54)8-17)39(63-41(20)35)15-1-3-21(46)24(49)5-15/h1-12,14,33,36,39-40,42,45-58H,13H2/t33-,36-,39-,40-,42+/m1/s1. The van der Waals surface area contributed by atoms with Crippen molar-refractivity contribution in [1.82, 2.24) is 0 Å². The molecule has 330 valence electrons. The van der Waals surface area contributed by atoms with E-state index < -0.39 is 146 Å². The molecule has 2 heterocycles. The Labute approximate surface area is 358 Å². The fourth-order valence-electron chi connectivity index (χ4n) is 7.74. The van der Waals surface area contributed by atoms with E-state index in [0.717, 1.165) is 66.7 Å². The average molecular weight is 883 g/mol. The smallest absolute Gasteiger partial charge is 0.338 e. The van der Waals surface area contributed by atoms with Crippen molar-refractivity contribution in [3.63, 3.8) is 0 Å². The number of hydrogen-bond donors (Lipinski definition) is 14. The maximum absolute atomic E-state index is 14.1. The summed E-state index contributed by atoms with van der Waals surface area (Å²) in [4.78, 5) is 27.6. The van der Waals surface area contributed by atoms with Crippen LogP contribution in [-0.2, 0) is 15.9 Å². The van der Waals surface area contributed by atoms with Gasteiger partial charge in [0.15, 0.2) is 75.8 Å². The van der Waals surface area contributed by atoms with Crippen molar-refractivity contribution in [2.45, 2.75) is 36.8 Å². The molecule has 0 amide bonds. The molecule has 6 aromatic rings. The van der Waals surface area contributed by atoms with Crippen molar-refractivity contribution >= 4 is 11.9 Å². The Bertz CT molecular complexity index is 2860. The summed E-state index contributed by atoms with van der Waals surface area (Å²) >= 11 is 0. The van der Waals surface area contributed by atoms with Gasteiger partial charge in [-0.15, -0.1) is 0 Å². The summed E-state index contributed by atoms with van der Waals surface area (Å²) in [6, 6.07) is 12.6. The van der Waals surface area contributed by atoms with Gasteiger partial charge in [-0.3, -0.25) is 0 Å². The van der Waals surface area contributed by atoms with E-state index in [0.29, 0.717) is 0 Å². The minimum absolute atomic E-state index is 0.0106. The highest BCUT2D eigenvalue weighted by Gasteiger charge is 2.49. The number of ether oxygens (including phenoxy) is 4. The lowest BCUT2D eigenvalue weighted by Gasteiger charge is -2.42. The van der Waals surface area contributed by atoms with Crippen LogP contribution in [0.1, 0.15) is 66.7 Å². The van der Waals surface area contributed by atoms with Gasteiger partial charge in [-0.2, -0.15) is 0 Å². The maximum atomic E-state index is 14.1. The Morgan fingerprint density at radius 1 is 0.469 bits per heavy atom. The highest BCUT2D eigenvalue weighted by molar-refractivity contribution is 5.92. The Morgan fingerprint density at radius 2 is 0.969 bits per heavy atom. The summed E-state index contributed by atoms with van der Waals surface area (Å²) in [5.41, 5.74) is -1.85. The number of fused-ring (bicyclic) bond motifs is 2. The van der Waals surface area contributed by atoms with Crippen LogP contribution in [0, 0.1) is 0 Å². The summed E-state index contributed by atoms with van der Waals surface area (Å²) < 4.78 is 24.6. The van der Waals surface area contributed by atoms with Crippen LogP contribution in [0.25, 0.3) is 0 Å². The molecule has 0 spiro atoms. The highest BCUT2D eigenvalue weighted by Crippen LogP contribution is 2.58. The van der Waals surface area contributed by atoms with Crippen LogP contribution in [0.2, 0.25) is 0 Å². The number of phenols is 14. The third kappa shape index (κ3) is 7.23. The molecule has 0 aliphatic carbocycles. The van der Waals surface area contributed by atoms with Crippen molar-refractivity contribution in [1.29, 1.82) is 0 Å². The minimum atomic E-state index is -1.85. The van der Waals surface area contributed by atoms with Crippen LogP contribution in [-0.4, -0.2) is 95.6 Å². The number of rotatable bonds is 7. The van der Waals surface area contributed by atoms with Crippen molar-refractivity contribution < 1.29 is 100 Å². The molecule has 20 nitrogen and oxygen atoms in total. The SMILES string of the molecule is O=C(O[C@H]1[C@@H](c2c(O)cc(O)c3c2O[C@H](c2ccc(O)c(O)c2)[C@H](OC(=O)c2cc(O)c(O)c(O)c2)C3)c2c(O)cc(O)cc2O[C@@H]1c1ccc(O)c(O)c1)c1cc(O)c(O)c(O)c1. The Kier molecular flexibility index (Phi) is 10.1. The first kappa shape index (κ1) is 41.8. The first-order valence-corrected chi connectivity index (χ1v) is 18.7. The number of hydrogen-bond acceptors (Lipinski definition) is 20. The van der Waals surface area contributed by atoms with Gasteiger partial charge in [0.25, 0.3) is 0 Å². The molecular formula is C44H34O20. The summed E-state index contributed by atoms with van der Waals surface area (Å²) in [7, 11) is 0. The number of benzene rings is 6. The van der Waals surface area contributed by atoms with Gasteiger partial charge in [-0.25, -0.2) is 9.59 Å². The van der Waals surface area contributed by atoms with E-state index in [1.54, 1.807) is 0 Å². The minimum Gasteiger partial charge on any atom is -0.508 e. The molecular weight excluding hydrogens is 848 g/mol. The van der Waals surface area contributed by atoms with Gasteiger partial charge in [-0.05, 0) is 48.5 Å². The second-order valence-electron chi connectivity index (χ2n) is 14.8. The lowest BCUT2D eigenvalue weighted by atomic mass is 9.77. The molecule has 0 fully saturated rings. The van der Waals surface area contributed by atoms with E-state index in [9.17, 15) is 81.1 Å². The summed E-state index contributed by atoms with van der Waals surface area (Å²) in [5.74, 6) is -15.6. The van der Waals surface area contributed by atoms with E-state index >= 15 is 0 Å². The predicted octanol–water partition coefficient (Wildman–Crippen LogP) is 4.96. The zero-order chi connectivity index (χ0) is 46.0. The predicted molar refractivity (Wildman–Crippen MR) is 213 cm³/mol. The zero-order valence-corrected chi connectivity index (χ0v) is 32.3. The quantitative estimate of drug-likeness (QED) is 0.0744. The van der Waals surface area contributed by atoms with Crippen LogP contribution in [0.4, 0.5) is 0 Å². The lowest BCUT2D eigenvalue weighted by Crippen LogP contribution is -2.40. The first-order valence-electron chi connectivity index (χ1n) is 18.7. The van der Waals surface area contributed by atoms with Crippen molar-refractivity contribution in [3.8, 4) is 92.0 Å². The Morgan fingerprint density at radius 3 is 1.50 bits per heavy atom. The van der Waals surface area contributed by atoms with E-state index in [2.05, 4.69) is 0 Å². The van der Waals surface area contributed by atoms with Gasteiger partial charge in [0, 0.05) is 52.4 Å². The van der Waals surface area contributed by atoms with Gasteiger partial charge < -0.3 is 90.4 Å². The average Bonchev–Trinajstić information content (AvgIpc) is 3.23. The van der Waals surface area contributed by atoms with Crippen LogP contribution in [0.15, 0.2) is 78.9 Å².